The summed E-state index contributed by atoms with van der Waals surface area (Å²) >= 11 is 6.09. The molecule has 1 atom stereocenters. The highest BCUT2D eigenvalue weighted by atomic mass is 35.5. The second kappa shape index (κ2) is 9.37. The summed E-state index contributed by atoms with van der Waals surface area (Å²) in [5.41, 5.74) is 3.50. The number of hydrazone groups is 1. The molecule has 1 aliphatic heterocycles. The van der Waals surface area contributed by atoms with Crippen LogP contribution in [-0.4, -0.2) is 50.6 Å². The van der Waals surface area contributed by atoms with Crippen molar-refractivity contribution in [2.45, 2.75) is 17.7 Å². The van der Waals surface area contributed by atoms with Gasteiger partial charge in [0, 0.05) is 25.0 Å². The largest absolute Gasteiger partial charge is 0.347 e. The molecule has 1 heterocycles. The molecule has 0 N–H and O–H groups in total. The lowest BCUT2D eigenvalue weighted by Gasteiger charge is -2.23. The molecule has 170 valence electrons. The van der Waals surface area contributed by atoms with Crippen LogP contribution < -0.4 is 0 Å². The third-order valence-electron chi connectivity index (χ3n) is 5.46. The van der Waals surface area contributed by atoms with Crippen LogP contribution in [0.4, 0.5) is 0 Å². The first-order valence-electron chi connectivity index (χ1n) is 10.5. The summed E-state index contributed by atoms with van der Waals surface area (Å²) in [5.74, 6) is 0.196. The van der Waals surface area contributed by atoms with Crippen LogP contribution in [0.2, 0.25) is 5.02 Å². The summed E-state index contributed by atoms with van der Waals surface area (Å²) < 4.78 is 30.5. The van der Waals surface area contributed by atoms with Crippen molar-refractivity contribution in [1.82, 2.24) is 9.91 Å². The average molecular weight is 481 g/mol. The fraction of sp³-hybridized carbons (Fsp3) is 0.200. The van der Waals surface area contributed by atoms with E-state index in [-0.39, 0.29) is 16.8 Å². The van der Waals surface area contributed by atoms with Crippen LogP contribution >= 0.6 is 11.6 Å². The zero-order chi connectivity index (χ0) is 23.6. The molecule has 0 bridgehead atoms. The third-order valence-corrected chi connectivity index (χ3v) is 7.13. The molecule has 33 heavy (non-hydrogen) atoms. The third kappa shape index (κ3) is 4.94. The molecule has 0 aliphatic carbocycles. The maximum atomic E-state index is 13.2. The molecule has 0 saturated heterocycles. The first-order valence-corrected chi connectivity index (χ1v) is 12.3. The van der Waals surface area contributed by atoms with Gasteiger partial charge in [-0.15, -0.1) is 4.40 Å². The van der Waals surface area contributed by atoms with Gasteiger partial charge in [0.1, 0.15) is 0 Å². The number of benzene rings is 3. The van der Waals surface area contributed by atoms with E-state index < -0.39 is 10.0 Å². The maximum Gasteiger partial charge on any atom is 0.285 e. The maximum absolute atomic E-state index is 13.2. The van der Waals surface area contributed by atoms with Gasteiger partial charge < -0.3 is 4.90 Å². The number of halogens is 1. The Hall–Kier alpha value is -3.16. The zero-order valence-electron chi connectivity index (χ0n) is 18.7. The molecule has 0 radical (unpaired) electrons. The molecule has 0 spiro atoms. The highest BCUT2D eigenvalue weighted by Crippen LogP contribution is 2.30. The predicted octanol–water partition coefficient (Wildman–Crippen LogP) is 4.76. The number of rotatable bonds is 4. The van der Waals surface area contributed by atoms with Crippen LogP contribution in [0.3, 0.4) is 0 Å². The highest BCUT2D eigenvalue weighted by molar-refractivity contribution is 7.90. The Morgan fingerprint density at radius 3 is 2.27 bits per heavy atom. The number of sulfonamides is 1. The van der Waals surface area contributed by atoms with E-state index in [0.717, 1.165) is 16.8 Å². The minimum absolute atomic E-state index is 0.0568. The Kier molecular flexibility index (Phi) is 6.54. The SMILES string of the molecule is Cc1ccccc1S(=O)(=O)/N=C(/N(C)C)N1C[C@H](c2ccccc2)C(c2ccc(Cl)cc2)=N1. The molecular weight excluding hydrogens is 456 g/mol. The monoisotopic (exact) mass is 480 g/mol. The van der Waals surface area contributed by atoms with Crippen molar-refractivity contribution >= 4 is 33.3 Å². The van der Waals surface area contributed by atoms with E-state index in [1.54, 1.807) is 55.2 Å². The first kappa shape index (κ1) is 23.0. The molecule has 0 saturated carbocycles. The lowest BCUT2D eigenvalue weighted by atomic mass is 9.91. The lowest BCUT2D eigenvalue weighted by molar-refractivity contribution is 0.404. The molecule has 1 aliphatic rings. The Morgan fingerprint density at radius 2 is 1.64 bits per heavy atom. The van der Waals surface area contributed by atoms with Gasteiger partial charge in [-0.25, -0.2) is 5.01 Å². The van der Waals surface area contributed by atoms with Gasteiger partial charge in [-0.05, 0) is 41.8 Å². The molecule has 8 heteroatoms. The summed E-state index contributed by atoms with van der Waals surface area (Å²) in [6, 6.07) is 24.4. The average Bonchev–Trinajstić information content (AvgIpc) is 3.24. The van der Waals surface area contributed by atoms with E-state index in [0.29, 0.717) is 17.1 Å². The van der Waals surface area contributed by atoms with Crippen LogP contribution in [0.15, 0.2) is 93.3 Å². The molecular formula is C25H25ClN4O2S. The quantitative estimate of drug-likeness (QED) is 0.399. The van der Waals surface area contributed by atoms with Crippen LogP contribution in [0.25, 0.3) is 0 Å². The number of hydrogen-bond donors (Lipinski definition) is 0. The Balaban J connectivity index is 1.79. The summed E-state index contributed by atoms with van der Waals surface area (Å²) in [6.07, 6.45) is 0. The Bertz CT molecular complexity index is 1300. The minimum atomic E-state index is -3.92. The van der Waals surface area contributed by atoms with E-state index >= 15 is 0 Å². The van der Waals surface area contributed by atoms with E-state index in [1.807, 2.05) is 42.5 Å². The van der Waals surface area contributed by atoms with Gasteiger partial charge in [-0.1, -0.05) is 72.3 Å². The van der Waals surface area contributed by atoms with Crippen LogP contribution in [-0.2, 0) is 10.0 Å². The summed E-state index contributed by atoms with van der Waals surface area (Å²) in [6.45, 7) is 2.22. The molecule has 0 unspecified atom stereocenters. The van der Waals surface area contributed by atoms with Gasteiger partial charge in [-0.2, -0.15) is 13.5 Å². The zero-order valence-corrected chi connectivity index (χ0v) is 20.3. The van der Waals surface area contributed by atoms with Crippen molar-refractivity contribution in [2.24, 2.45) is 9.50 Å². The van der Waals surface area contributed by atoms with Crippen molar-refractivity contribution in [3.8, 4) is 0 Å². The van der Waals surface area contributed by atoms with E-state index in [1.165, 1.54) is 0 Å². The number of nitrogens with zero attached hydrogens (tertiary/aromatic N) is 4. The van der Waals surface area contributed by atoms with Gasteiger partial charge in [0.05, 0.1) is 17.2 Å². The molecule has 0 aromatic heterocycles. The van der Waals surface area contributed by atoms with Crippen molar-refractivity contribution in [3.05, 3.63) is 101 Å². The molecule has 0 amide bonds. The fourth-order valence-electron chi connectivity index (χ4n) is 3.82. The van der Waals surface area contributed by atoms with Crippen LogP contribution in [0.5, 0.6) is 0 Å². The van der Waals surface area contributed by atoms with Gasteiger partial charge in [0.15, 0.2) is 0 Å². The van der Waals surface area contributed by atoms with Gasteiger partial charge in [-0.3, -0.25) is 0 Å². The molecule has 3 aromatic rings. The van der Waals surface area contributed by atoms with Crippen molar-refractivity contribution in [1.29, 1.82) is 0 Å². The highest BCUT2D eigenvalue weighted by Gasteiger charge is 2.33. The Labute approximate surface area is 199 Å². The smallest absolute Gasteiger partial charge is 0.285 e. The first-order chi connectivity index (χ1) is 15.8. The number of hydrogen-bond acceptors (Lipinski definition) is 3. The molecule has 3 aromatic carbocycles. The summed E-state index contributed by atoms with van der Waals surface area (Å²) in [5, 5.41) is 7.15. The second-order valence-corrected chi connectivity index (χ2v) is 10.1. The van der Waals surface area contributed by atoms with Gasteiger partial charge in [0.25, 0.3) is 10.0 Å². The standard InChI is InChI=1S/C25H25ClN4O2S/c1-18-9-7-8-12-23(18)33(31,32)28-25(29(2)3)30-17-22(19-10-5-4-6-11-19)24(27-30)20-13-15-21(26)16-14-20/h4-16,22H,17H2,1-3H3/b28-25-/t22-/m1/s1. The lowest BCUT2D eigenvalue weighted by Crippen LogP contribution is -2.37. The fourth-order valence-corrected chi connectivity index (χ4v) is 5.24. The molecule has 6 nitrogen and oxygen atoms in total. The minimum Gasteiger partial charge on any atom is -0.347 e. The van der Waals surface area contributed by atoms with E-state index in [9.17, 15) is 8.42 Å². The Morgan fingerprint density at radius 1 is 1.00 bits per heavy atom. The molecule has 0 fully saturated rings. The normalized spacial score (nSPS) is 16.6. The molecule has 4 rings (SSSR count). The van der Waals surface area contributed by atoms with E-state index in [4.69, 9.17) is 16.7 Å². The van der Waals surface area contributed by atoms with Gasteiger partial charge in [0.2, 0.25) is 5.96 Å². The van der Waals surface area contributed by atoms with Crippen molar-refractivity contribution in [2.75, 3.05) is 20.6 Å². The van der Waals surface area contributed by atoms with Crippen molar-refractivity contribution in [3.63, 3.8) is 0 Å². The summed E-state index contributed by atoms with van der Waals surface area (Å²) in [4.78, 5) is 1.86. The predicted molar refractivity (Wildman–Crippen MR) is 133 cm³/mol. The summed E-state index contributed by atoms with van der Waals surface area (Å²) in [7, 11) is -0.398. The van der Waals surface area contributed by atoms with E-state index in [2.05, 4.69) is 16.5 Å². The van der Waals surface area contributed by atoms with Crippen molar-refractivity contribution < 1.29 is 8.42 Å². The second-order valence-electron chi connectivity index (χ2n) is 8.06. The van der Waals surface area contributed by atoms with Crippen LogP contribution in [0, 0.1) is 6.92 Å². The number of guanidine groups is 1. The van der Waals surface area contributed by atoms with Gasteiger partial charge >= 0.3 is 0 Å². The topological polar surface area (TPSA) is 65.3 Å². The number of aryl methyl sites for hydroxylation is 1. The van der Waals surface area contributed by atoms with Crippen LogP contribution in [0.1, 0.15) is 22.6 Å².